The topological polar surface area (TPSA) is 84.9 Å². The van der Waals surface area contributed by atoms with Gasteiger partial charge >= 0.3 is 12.0 Å². The fraction of sp³-hybridized carbons (Fsp3) is 0.471. The molecule has 0 bridgehead atoms. The smallest absolute Gasteiger partial charge is 0.329 e. The zero-order valence-corrected chi connectivity index (χ0v) is 14.5. The molecule has 3 amide bonds. The molecule has 2 atom stereocenters. The first-order valence-corrected chi connectivity index (χ1v) is 7.68. The second-order valence-electron chi connectivity index (χ2n) is 5.86. The number of rotatable bonds is 5. The Morgan fingerprint density at radius 2 is 2.00 bits per heavy atom. The summed E-state index contributed by atoms with van der Waals surface area (Å²) in [6.07, 6.45) is 0.281. The van der Waals surface area contributed by atoms with E-state index >= 15 is 0 Å². The molecule has 2 unspecified atom stereocenters. The van der Waals surface area contributed by atoms with Crippen LogP contribution in [0.4, 0.5) is 4.79 Å². The minimum Gasteiger partial charge on any atom is -0.496 e. The van der Waals surface area contributed by atoms with Crippen molar-refractivity contribution in [1.29, 1.82) is 0 Å². The number of imide groups is 1. The van der Waals surface area contributed by atoms with Crippen LogP contribution in [0, 0.1) is 6.92 Å². The molecule has 0 aliphatic carbocycles. The van der Waals surface area contributed by atoms with Gasteiger partial charge in [0.05, 0.1) is 14.2 Å². The molecule has 1 aromatic rings. The number of nitrogens with one attached hydrogen (secondary N) is 1. The van der Waals surface area contributed by atoms with Gasteiger partial charge < -0.3 is 14.8 Å². The molecule has 0 radical (unpaired) electrons. The summed E-state index contributed by atoms with van der Waals surface area (Å²) >= 11 is 0. The van der Waals surface area contributed by atoms with Crippen LogP contribution in [-0.2, 0) is 19.9 Å². The van der Waals surface area contributed by atoms with Gasteiger partial charge in [-0.25, -0.2) is 14.5 Å². The molecule has 1 aliphatic heterocycles. The number of hydrogen-bond donors (Lipinski definition) is 1. The Balaban J connectivity index is 2.42. The molecular weight excluding hydrogens is 312 g/mol. The highest BCUT2D eigenvalue weighted by atomic mass is 16.5. The molecule has 130 valence electrons. The maximum absolute atomic E-state index is 12.9. The second-order valence-corrected chi connectivity index (χ2v) is 5.86. The number of carbonyl (C=O) groups is 3. The lowest BCUT2D eigenvalue weighted by Gasteiger charge is -2.25. The Morgan fingerprint density at radius 1 is 1.33 bits per heavy atom. The van der Waals surface area contributed by atoms with Crippen LogP contribution in [0.25, 0.3) is 0 Å². The van der Waals surface area contributed by atoms with Crippen molar-refractivity contribution in [1.82, 2.24) is 10.2 Å². The van der Waals surface area contributed by atoms with Gasteiger partial charge in [-0.1, -0.05) is 13.0 Å². The summed E-state index contributed by atoms with van der Waals surface area (Å²) in [5.41, 5.74) is 0.230. The third-order valence-electron chi connectivity index (χ3n) is 4.37. The largest absolute Gasteiger partial charge is 0.496 e. The van der Waals surface area contributed by atoms with Crippen LogP contribution >= 0.6 is 0 Å². The number of nitrogens with zero attached hydrogens (tertiary/aromatic N) is 1. The Kier molecular flexibility index (Phi) is 4.82. The molecule has 24 heavy (non-hydrogen) atoms. The number of aryl methyl sites for hydroxylation is 1. The van der Waals surface area contributed by atoms with E-state index in [1.54, 1.807) is 39.2 Å². The Bertz CT molecular complexity index is 688. The van der Waals surface area contributed by atoms with Gasteiger partial charge in [-0.3, -0.25) is 4.79 Å². The third kappa shape index (κ3) is 2.70. The first-order chi connectivity index (χ1) is 11.3. The summed E-state index contributed by atoms with van der Waals surface area (Å²) in [6.45, 7) is 5.20. The predicted octanol–water partition coefficient (Wildman–Crippen LogP) is 1.72. The first-order valence-electron chi connectivity index (χ1n) is 7.68. The number of urea groups is 1. The quantitative estimate of drug-likeness (QED) is 0.655. The SMILES string of the molecule is CCC(C(=O)OC)N1C(=O)NC(C)(c2ccc(OC)c(C)c2)C1=O. The number of benzene rings is 1. The van der Waals surface area contributed by atoms with Crippen molar-refractivity contribution < 1.29 is 23.9 Å². The van der Waals surface area contributed by atoms with E-state index in [1.807, 2.05) is 6.92 Å². The first kappa shape index (κ1) is 17.8. The highest BCUT2D eigenvalue weighted by Gasteiger charge is 2.52. The van der Waals surface area contributed by atoms with Crippen LogP contribution in [0.15, 0.2) is 18.2 Å². The molecular formula is C17H22N2O5. The number of ether oxygens (including phenoxy) is 2. The summed E-state index contributed by atoms with van der Waals surface area (Å²) < 4.78 is 9.93. The fourth-order valence-electron chi connectivity index (χ4n) is 2.92. The van der Waals surface area contributed by atoms with Gasteiger partial charge in [-0.15, -0.1) is 0 Å². The van der Waals surface area contributed by atoms with Crippen molar-refractivity contribution in [3.05, 3.63) is 29.3 Å². The van der Waals surface area contributed by atoms with Crippen molar-refractivity contribution >= 4 is 17.9 Å². The van der Waals surface area contributed by atoms with E-state index in [1.165, 1.54) is 7.11 Å². The van der Waals surface area contributed by atoms with Gasteiger partial charge in [0.15, 0.2) is 0 Å². The standard InChI is InChI=1S/C17H22N2O5/c1-6-12(14(20)24-5)19-15(21)17(3,18-16(19)22)11-7-8-13(23-4)10(2)9-11/h7-9,12H,6H2,1-5H3,(H,18,22). The molecule has 0 spiro atoms. The van der Waals surface area contributed by atoms with E-state index in [9.17, 15) is 14.4 Å². The molecule has 7 nitrogen and oxygen atoms in total. The monoisotopic (exact) mass is 334 g/mol. The third-order valence-corrected chi connectivity index (χ3v) is 4.37. The summed E-state index contributed by atoms with van der Waals surface area (Å²) in [6, 6.07) is 3.72. The zero-order valence-electron chi connectivity index (χ0n) is 14.5. The normalized spacial score (nSPS) is 21.5. The summed E-state index contributed by atoms with van der Waals surface area (Å²) in [7, 11) is 2.80. The van der Waals surface area contributed by atoms with Crippen molar-refractivity contribution in [3.8, 4) is 5.75 Å². The number of methoxy groups -OCH3 is 2. The zero-order chi connectivity index (χ0) is 18.1. The van der Waals surface area contributed by atoms with Gasteiger partial charge in [-0.05, 0) is 43.5 Å². The number of carbonyl (C=O) groups excluding carboxylic acids is 3. The molecule has 0 saturated carbocycles. The molecule has 1 fully saturated rings. The summed E-state index contributed by atoms with van der Waals surface area (Å²) in [5, 5.41) is 2.69. The van der Waals surface area contributed by atoms with Crippen LogP contribution < -0.4 is 10.1 Å². The molecule has 1 saturated heterocycles. The van der Waals surface area contributed by atoms with Crippen molar-refractivity contribution in [3.63, 3.8) is 0 Å². The highest BCUT2D eigenvalue weighted by Crippen LogP contribution is 2.33. The Hall–Kier alpha value is -2.57. The number of hydrogen-bond acceptors (Lipinski definition) is 5. The lowest BCUT2D eigenvalue weighted by molar-refractivity contribution is -0.150. The van der Waals surface area contributed by atoms with Crippen LogP contribution in [-0.4, -0.2) is 43.1 Å². The van der Waals surface area contributed by atoms with Crippen molar-refractivity contribution in [2.24, 2.45) is 0 Å². The van der Waals surface area contributed by atoms with E-state index in [4.69, 9.17) is 9.47 Å². The highest BCUT2D eigenvalue weighted by molar-refractivity contribution is 6.09. The van der Waals surface area contributed by atoms with Crippen LogP contribution in [0.3, 0.4) is 0 Å². The lowest BCUT2D eigenvalue weighted by Crippen LogP contribution is -2.47. The molecule has 0 aromatic heterocycles. The average Bonchev–Trinajstić information content (AvgIpc) is 2.79. The number of esters is 1. The molecule has 1 aliphatic rings. The van der Waals surface area contributed by atoms with E-state index < -0.39 is 29.5 Å². The van der Waals surface area contributed by atoms with E-state index in [-0.39, 0.29) is 6.42 Å². The molecule has 1 aromatic carbocycles. The number of amides is 3. The van der Waals surface area contributed by atoms with Gasteiger partial charge in [0.2, 0.25) is 0 Å². The Labute approximate surface area is 140 Å². The van der Waals surface area contributed by atoms with Crippen LogP contribution in [0.1, 0.15) is 31.4 Å². The van der Waals surface area contributed by atoms with Crippen molar-refractivity contribution in [2.75, 3.05) is 14.2 Å². The average molecular weight is 334 g/mol. The molecule has 2 rings (SSSR count). The van der Waals surface area contributed by atoms with Crippen LogP contribution in [0.2, 0.25) is 0 Å². The molecule has 7 heteroatoms. The minimum absolute atomic E-state index is 0.281. The summed E-state index contributed by atoms with van der Waals surface area (Å²) in [5.74, 6) is -0.401. The van der Waals surface area contributed by atoms with E-state index in [2.05, 4.69) is 5.32 Å². The summed E-state index contributed by atoms with van der Waals surface area (Å²) in [4.78, 5) is 38.1. The maximum atomic E-state index is 12.9. The Morgan fingerprint density at radius 3 is 2.50 bits per heavy atom. The molecule has 1 heterocycles. The van der Waals surface area contributed by atoms with Crippen LogP contribution in [0.5, 0.6) is 5.75 Å². The van der Waals surface area contributed by atoms with E-state index in [0.717, 1.165) is 10.5 Å². The van der Waals surface area contributed by atoms with Gasteiger partial charge in [0.25, 0.3) is 5.91 Å². The minimum atomic E-state index is -1.24. The second kappa shape index (κ2) is 6.51. The van der Waals surface area contributed by atoms with Crippen molar-refractivity contribution in [2.45, 2.75) is 38.8 Å². The van der Waals surface area contributed by atoms with E-state index in [0.29, 0.717) is 11.3 Å². The van der Waals surface area contributed by atoms with Gasteiger partial charge in [0, 0.05) is 0 Å². The lowest BCUT2D eigenvalue weighted by atomic mass is 9.90. The van der Waals surface area contributed by atoms with Gasteiger partial charge in [0.1, 0.15) is 17.3 Å². The maximum Gasteiger partial charge on any atom is 0.329 e. The predicted molar refractivity (Wildman–Crippen MR) is 86.6 cm³/mol. The fourth-order valence-corrected chi connectivity index (χ4v) is 2.92. The van der Waals surface area contributed by atoms with Gasteiger partial charge in [-0.2, -0.15) is 0 Å². The molecule has 1 N–H and O–H groups in total.